The first-order valence-corrected chi connectivity index (χ1v) is 11.3. The van der Waals surface area contributed by atoms with Crippen molar-refractivity contribution in [3.05, 3.63) is 59.7 Å². The number of ether oxygens (including phenoxy) is 1. The average molecular weight is 447 g/mol. The number of amides is 3. The summed E-state index contributed by atoms with van der Waals surface area (Å²) < 4.78 is 32.7. The van der Waals surface area contributed by atoms with E-state index in [4.69, 9.17) is 10.5 Å². The summed E-state index contributed by atoms with van der Waals surface area (Å²) in [5.74, 6) is -0.388. The second-order valence-electron chi connectivity index (χ2n) is 7.22. The largest absolute Gasteiger partial charge is 0.379 e. The minimum absolute atomic E-state index is 0.0631. The Morgan fingerprint density at radius 1 is 1.13 bits per heavy atom. The number of rotatable bonds is 7. The first-order valence-electron chi connectivity index (χ1n) is 9.86. The van der Waals surface area contributed by atoms with Gasteiger partial charge in [-0.2, -0.15) is 4.31 Å². The molecule has 0 saturated carbocycles. The Morgan fingerprint density at radius 3 is 2.45 bits per heavy atom. The van der Waals surface area contributed by atoms with Crippen LogP contribution in [0.4, 0.5) is 10.5 Å². The van der Waals surface area contributed by atoms with Crippen molar-refractivity contribution in [1.82, 2.24) is 9.62 Å². The van der Waals surface area contributed by atoms with Crippen molar-refractivity contribution in [3.63, 3.8) is 0 Å². The molecule has 0 unspecified atom stereocenters. The molecule has 0 spiro atoms. The molecule has 1 aliphatic heterocycles. The van der Waals surface area contributed by atoms with Gasteiger partial charge < -0.3 is 21.1 Å². The highest BCUT2D eigenvalue weighted by molar-refractivity contribution is 7.89. The van der Waals surface area contributed by atoms with Gasteiger partial charge in [0.2, 0.25) is 15.9 Å². The predicted octanol–water partition coefficient (Wildman–Crippen LogP) is 1.75. The summed E-state index contributed by atoms with van der Waals surface area (Å²) in [5.41, 5.74) is 6.92. The van der Waals surface area contributed by atoms with Crippen LogP contribution in [0.25, 0.3) is 0 Å². The van der Waals surface area contributed by atoms with Gasteiger partial charge in [-0.3, -0.25) is 4.79 Å². The van der Waals surface area contributed by atoms with E-state index in [0.29, 0.717) is 24.5 Å². The summed E-state index contributed by atoms with van der Waals surface area (Å²) in [5, 5.41) is 5.28. The summed E-state index contributed by atoms with van der Waals surface area (Å²) >= 11 is 0. The summed E-state index contributed by atoms with van der Waals surface area (Å²) in [6.45, 7) is 2.98. The normalized spacial score (nSPS) is 15.8. The number of nitrogens with two attached hydrogens (primary N) is 1. The van der Waals surface area contributed by atoms with E-state index in [2.05, 4.69) is 10.6 Å². The lowest BCUT2D eigenvalue weighted by Crippen LogP contribution is -2.40. The van der Waals surface area contributed by atoms with E-state index >= 15 is 0 Å². The molecule has 3 amide bonds. The fourth-order valence-corrected chi connectivity index (χ4v) is 5.05. The summed E-state index contributed by atoms with van der Waals surface area (Å²) in [4.78, 5) is 24.2. The molecule has 166 valence electrons. The maximum atomic E-state index is 13.0. The zero-order chi connectivity index (χ0) is 22.4. The molecule has 1 atom stereocenters. The van der Waals surface area contributed by atoms with Crippen LogP contribution < -0.4 is 16.4 Å². The van der Waals surface area contributed by atoms with Gasteiger partial charge in [-0.25, -0.2) is 13.2 Å². The van der Waals surface area contributed by atoms with Crippen LogP contribution in [-0.2, 0) is 19.6 Å². The molecule has 9 nitrogen and oxygen atoms in total. The van der Waals surface area contributed by atoms with Crippen LogP contribution >= 0.6 is 0 Å². The lowest BCUT2D eigenvalue weighted by atomic mass is 10.0. The van der Waals surface area contributed by atoms with Gasteiger partial charge in [0.1, 0.15) is 0 Å². The fraction of sp³-hybridized carbons (Fsp3) is 0.333. The zero-order valence-corrected chi connectivity index (χ0v) is 18.0. The highest BCUT2D eigenvalue weighted by atomic mass is 32.2. The zero-order valence-electron chi connectivity index (χ0n) is 17.2. The molecule has 31 heavy (non-hydrogen) atoms. The van der Waals surface area contributed by atoms with Crippen LogP contribution in [0, 0.1) is 6.92 Å². The van der Waals surface area contributed by atoms with E-state index in [1.807, 2.05) is 6.07 Å². The lowest BCUT2D eigenvalue weighted by molar-refractivity contribution is -0.116. The summed E-state index contributed by atoms with van der Waals surface area (Å²) in [6.07, 6.45) is -0.0631. The molecule has 10 heteroatoms. The third kappa shape index (κ3) is 5.81. The Labute approximate surface area is 181 Å². The van der Waals surface area contributed by atoms with Crippen molar-refractivity contribution >= 4 is 27.6 Å². The number of aryl methyl sites for hydroxylation is 1. The molecule has 1 fully saturated rings. The van der Waals surface area contributed by atoms with E-state index in [0.717, 1.165) is 5.56 Å². The fourth-order valence-electron chi connectivity index (χ4n) is 3.39. The Kier molecular flexibility index (Phi) is 7.26. The van der Waals surface area contributed by atoms with Crippen molar-refractivity contribution in [1.29, 1.82) is 0 Å². The lowest BCUT2D eigenvalue weighted by Gasteiger charge is -2.27. The highest BCUT2D eigenvalue weighted by Crippen LogP contribution is 2.25. The average Bonchev–Trinajstić information content (AvgIpc) is 2.75. The second kappa shape index (κ2) is 9.90. The van der Waals surface area contributed by atoms with Crippen molar-refractivity contribution < 1.29 is 22.7 Å². The van der Waals surface area contributed by atoms with Gasteiger partial charge in [0.15, 0.2) is 0 Å². The number of sulfonamides is 1. The smallest absolute Gasteiger partial charge is 0.312 e. The van der Waals surface area contributed by atoms with Crippen molar-refractivity contribution in [3.8, 4) is 0 Å². The van der Waals surface area contributed by atoms with E-state index in [-0.39, 0.29) is 30.3 Å². The Hall–Kier alpha value is -2.95. The van der Waals surface area contributed by atoms with Crippen LogP contribution in [0.3, 0.4) is 0 Å². The predicted molar refractivity (Wildman–Crippen MR) is 116 cm³/mol. The van der Waals surface area contributed by atoms with E-state index in [1.165, 1.54) is 10.4 Å². The van der Waals surface area contributed by atoms with Gasteiger partial charge in [-0.1, -0.05) is 36.4 Å². The summed E-state index contributed by atoms with van der Waals surface area (Å²) in [7, 11) is -3.70. The van der Waals surface area contributed by atoms with Crippen LogP contribution in [0.15, 0.2) is 53.4 Å². The number of nitrogens with zero attached hydrogens (tertiary/aromatic N) is 1. The minimum Gasteiger partial charge on any atom is -0.379 e. The molecule has 4 N–H and O–H groups in total. The molecule has 2 aromatic carbocycles. The number of benzene rings is 2. The maximum absolute atomic E-state index is 13.0. The number of nitrogens with one attached hydrogen (secondary N) is 2. The molecule has 0 aromatic heterocycles. The molecular weight excluding hydrogens is 420 g/mol. The molecule has 1 aliphatic rings. The monoisotopic (exact) mass is 446 g/mol. The molecule has 2 aromatic rings. The van der Waals surface area contributed by atoms with Crippen LogP contribution in [0.2, 0.25) is 0 Å². The Bertz CT molecular complexity index is 1040. The molecule has 1 saturated heterocycles. The standard InChI is InChI=1S/C21H26N4O5S/c1-15-7-8-17(13-19(15)31(28,29)25-9-11-30-12-10-25)23-20(26)14-18(24-21(22)27)16-5-3-2-4-6-16/h2-8,13,18H,9-12,14H2,1H3,(H,23,26)(H3,22,24,27)/t18-/m1/s1. The number of morpholine rings is 1. The van der Waals surface area contributed by atoms with E-state index in [1.54, 1.807) is 43.3 Å². The van der Waals surface area contributed by atoms with Gasteiger partial charge in [-0.05, 0) is 30.2 Å². The molecular formula is C21H26N4O5S. The number of primary amides is 1. The van der Waals surface area contributed by atoms with Crippen molar-refractivity contribution in [2.24, 2.45) is 5.73 Å². The molecule has 1 heterocycles. The minimum atomic E-state index is -3.70. The first kappa shape index (κ1) is 22.7. The van der Waals surface area contributed by atoms with Crippen LogP contribution in [0.1, 0.15) is 23.6 Å². The quantitative estimate of drug-likeness (QED) is 0.596. The third-order valence-corrected chi connectivity index (χ3v) is 7.01. The molecule has 3 rings (SSSR count). The number of carbonyl (C=O) groups is 2. The van der Waals surface area contributed by atoms with Gasteiger partial charge in [0.25, 0.3) is 0 Å². The second-order valence-corrected chi connectivity index (χ2v) is 9.13. The van der Waals surface area contributed by atoms with Gasteiger partial charge in [0, 0.05) is 18.8 Å². The van der Waals surface area contributed by atoms with Crippen molar-refractivity contribution in [2.45, 2.75) is 24.3 Å². The first-order chi connectivity index (χ1) is 14.8. The number of hydrogen-bond donors (Lipinski definition) is 3. The number of hydrogen-bond acceptors (Lipinski definition) is 5. The number of urea groups is 1. The SMILES string of the molecule is Cc1ccc(NC(=O)C[C@@H](NC(N)=O)c2ccccc2)cc1S(=O)(=O)N1CCOCC1. The van der Waals surface area contributed by atoms with Gasteiger partial charge >= 0.3 is 6.03 Å². The molecule has 0 aliphatic carbocycles. The van der Waals surface area contributed by atoms with Gasteiger partial charge in [-0.15, -0.1) is 0 Å². The van der Waals surface area contributed by atoms with E-state index in [9.17, 15) is 18.0 Å². The Morgan fingerprint density at radius 2 is 1.81 bits per heavy atom. The Balaban J connectivity index is 1.76. The highest BCUT2D eigenvalue weighted by Gasteiger charge is 2.28. The molecule has 0 bridgehead atoms. The topological polar surface area (TPSA) is 131 Å². The molecule has 0 radical (unpaired) electrons. The van der Waals surface area contributed by atoms with Gasteiger partial charge in [0.05, 0.1) is 30.6 Å². The van der Waals surface area contributed by atoms with Crippen molar-refractivity contribution in [2.75, 3.05) is 31.6 Å². The number of carbonyl (C=O) groups excluding carboxylic acids is 2. The van der Waals surface area contributed by atoms with E-state index < -0.39 is 22.1 Å². The third-order valence-electron chi connectivity index (χ3n) is 4.97. The maximum Gasteiger partial charge on any atom is 0.312 e. The number of anilines is 1. The van der Waals surface area contributed by atoms with Crippen LogP contribution in [-0.4, -0.2) is 51.0 Å². The van der Waals surface area contributed by atoms with Crippen LogP contribution in [0.5, 0.6) is 0 Å². The summed E-state index contributed by atoms with van der Waals surface area (Å²) in [6, 6.07) is 12.4.